The van der Waals surface area contributed by atoms with E-state index >= 15 is 0 Å². The lowest BCUT2D eigenvalue weighted by Crippen LogP contribution is -2.37. The molecule has 0 heterocycles. The first-order valence-electron chi connectivity index (χ1n) is 5.75. The van der Waals surface area contributed by atoms with Crippen molar-refractivity contribution in [3.63, 3.8) is 0 Å². The Morgan fingerprint density at radius 2 is 1.74 bits per heavy atom. The van der Waals surface area contributed by atoms with Gasteiger partial charge in [0.25, 0.3) is 0 Å². The Hall–Kier alpha value is -0.530. The highest BCUT2D eigenvalue weighted by atomic mass is 32.2. The summed E-state index contributed by atoms with van der Waals surface area (Å²) in [5.74, 6) is -5.98. The Morgan fingerprint density at radius 1 is 1.21 bits per heavy atom. The van der Waals surface area contributed by atoms with Crippen LogP contribution in [0.2, 0.25) is 0 Å². The minimum Gasteiger partial charge on any atom is -0.465 e. The van der Waals surface area contributed by atoms with E-state index in [9.17, 15) is 26.7 Å². The highest BCUT2D eigenvalue weighted by Gasteiger charge is 2.56. The fraction of sp³-hybridized carbons (Fsp3) is 0.909. The molecule has 0 rings (SSSR count). The molecule has 1 atom stereocenters. The van der Waals surface area contributed by atoms with Crippen LogP contribution in [0.5, 0.6) is 0 Å². The standard InChI is InChI=1S/C11H17F5O2S/c1-4-18-9(17)8(7(2)3)19-6-5-10(12,13)11(14,15)16/h7-8H,4-6H2,1-3H3. The van der Waals surface area contributed by atoms with E-state index in [4.69, 9.17) is 4.74 Å². The van der Waals surface area contributed by atoms with E-state index in [2.05, 4.69) is 0 Å². The molecule has 8 heteroatoms. The zero-order valence-corrected chi connectivity index (χ0v) is 11.7. The lowest BCUT2D eigenvalue weighted by atomic mass is 10.1. The summed E-state index contributed by atoms with van der Waals surface area (Å²) in [4.78, 5) is 11.5. The molecule has 19 heavy (non-hydrogen) atoms. The Kier molecular flexibility index (Phi) is 7.10. The summed E-state index contributed by atoms with van der Waals surface area (Å²) in [6, 6.07) is 0. The second-order valence-electron chi connectivity index (χ2n) is 4.24. The molecule has 0 saturated heterocycles. The second kappa shape index (κ2) is 7.31. The molecular weight excluding hydrogens is 291 g/mol. The minimum absolute atomic E-state index is 0.140. The maximum atomic E-state index is 12.7. The lowest BCUT2D eigenvalue weighted by Gasteiger charge is -2.22. The molecule has 0 amide bonds. The van der Waals surface area contributed by atoms with Gasteiger partial charge in [-0.05, 0) is 12.8 Å². The van der Waals surface area contributed by atoms with Crippen molar-refractivity contribution < 1.29 is 31.5 Å². The average molecular weight is 308 g/mol. The normalized spacial score (nSPS) is 14.6. The van der Waals surface area contributed by atoms with Crippen LogP contribution in [0.4, 0.5) is 22.0 Å². The Labute approximate surface area is 113 Å². The predicted molar refractivity (Wildman–Crippen MR) is 63.3 cm³/mol. The molecule has 0 aromatic carbocycles. The molecule has 0 spiro atoms. The molecule has 0 fully saturated rings. The molecule has 1 unspecified atom stereocenters. The van der Waals surface area contributed by atoms with Crippen LogP contribution in [0.25, 0.3) is 0 Å². The molecule has 0 aliphatic rings. The third-order valence-electron chi connectivity index (χ3n) is 2.25. The molecule has 114 valence electrons. The van der Waals surface area contributed by atoms with Crippen LogP contribution in [0.15, 0.2) is 0 Å². The third-order valence-corrected chi connectivity index (χ3v) is 3.79. The van der Waals surface area contributed by atoms with E-state index in [0.717, 1.165) is 11.8 Å². The van der Waals surface area contributed by atoms with Gasteiger partial charge in [-0.2, -0.15) is 22.0 Å². The minimum atomic E-state index is -5.55. The van der Waals surface area contributed by atoms with Crippen molar-refractivity contribution in [3.8, 4) is 0 Å². The summed E-state index contributed by atoms with van der Waals surface area (Å²) in [7, 11) is 0. The quantitative estimate of drug-likeness (QED) is 0.527. The topological polar surface area (TPSA) is 26.3 Å². The first-order chi connectivity index (χ1) is 8.53. The number of alkyl halides is 5. The summed E-state index contributed by atoms with van der Waals surface area (Å²) >= 11 is 0.766. The summed E-state index contributed by atoms with van der Waals surface area (Å²) in [6.45, 7) is 5.09. The van der Waals surface area contributed by atoms with Crippen LogP contribution in [0.1, 0.15) is 27.2 Å². The molecular formula is C11H17F5O2S. The summed E-state index contributed by atoms with van der Waals surface area (Å²) in [5.41, 5.74) is 0. The van der Waals surface area contributed by atoms with Crippen molar-refractivity contribution in [2.45, 2.75) is 44.5 Å². The van der Waals surface area contributed by atoms with E-state index < -0.39 is 35.5 Å². The van der Waals surface area contributed by atoms with Crippen molar-refractivity contribution in [2.24, 2.45) is 5.92 Å². The second-order valence-corrected chi connectivity index (χ2v) is 5.49. The summed E-state index contributed by atoms with van der Waals surface area (Å²) < 4.78 is 65.9. The number of esters is 1. The monoisotopic (exact) mass is 308 g/mol. The van der Waals surface area contributed by atoms with Crippen molar-refractivity contribution in [1.82, 2.24) is 0 Å². The smallest absolute Gasteiger partial charge is 0.453 e. The maximum absolute atomic E-state index is 12.7. The molecule has 0 saturated carbocycles. The van der Waals surface area contributed by atoms with Crippen LogP contribution in [0.3, 0.4) is 0 Å². The van der Waals surface area contributed by atoms with E-state index in [-0.39, 0.29) is 12.5 Å². The van der Waals surface area contributed by atoms with Gasteiger partial charge in [0.15, 0.2) is 0 Å². The van der Waals surface area contributed by atoms with E-state index in [1.807, 2.05) is 0 Å². The van der Waals surface area contributed by atoms with Gasteiger partial charge in [0.2, 0.25) is 0 Å². The van der Waals surface area contributed by atoms with Crippen molar-refractivity contribution in [2.75, 3.05) is 12.4 Å². The number of ether oxygens (including phenoxy) is 1. The SMILES string of the molecule is CCOC(=O)C(SCCC(F)(F)C(F)(F)F)C(C)C. The lowest BCUT2D eigenvalue weighted by molar-refractivity contribution is -0.282. The van der Waals surface area contributed by atoms with Crippen LogP contribution >= 0.6 is 11.8 Å². The molecule has 0 aromatic rings. The first-order valence-corrected chi connectivity index (χ1v) is 6.80. The number of carbonyl (C=O) groups is 1. The number of hydrogen-bond acceptors (Lipinski definition) is 3. The largest absolute Gasteiger partial charge is 0.465 e. The number of halogens is 5. The van der Waals surface area contributed by atoms with Gasteiger partial charge in [-0.3, -0.25) is 4.79 Å². The van der Waals surface area contributed by atoms with Crippen LogP contribution in [-0.2, 0) is 9.53 Å². The predicted octanol–water partition coefficient (Wildman–Crippen LogP) is 3.90. The maximum Gasteiger partial charge on any atom is 0.453 e. The van der Waals surface area contributed by atoms with Gasteiger partial charge in [-0.25, -0.2) is 0 Å². The Balaban J connectivity index is 4.40. The van der Waals surface area contributed by atoms with Crippen LogP contribution < -0.4 is 0 Å². The molecule has 0 aliphatic heterocycles. The summed E-state index contributed by atoms with van der Waals surface area (Å²) in [6.07, 6.45) is -6.89. The van der Waals surface area contributed by atoms with Gasteiger partial charge in [-0.15, -0.1) is 11.8 Å². The Bertz CT molecular complexity index is 291. The van der Waals surface area contributed by atoms with Crippen molar-refractivity contribution in [3.05, 3.63) is 0 Å². The molecule has 0 radical (unpaired) electrons. The molecule has 0 aromatic heterocycles. The number of hydrogen-bond donors (Lipinski definition) is 0. The van der Waals surface area contributed by atoms with Crippen molar-refractivity contribution >= 4 is 17.7 Å². The highest BCUT2D eigenvalue weighted by Crippen LogP contribution is 2.39. The van der Waals surface area contributed by atoms with Crippen molar-refractivity contribution in [1.29, 1.82) is 0 Å². The van der Waals surface area contributed by atoms with E-state index in [1.54, 1.807) is 20.8 Å². The van der Waals surface area contributed by atoms with Gasteiger partial charge in [0.05, 0.1) is 6.61 Å². The average Bonchev–Trinajstić information content (AvgIpc) is 2.22. The fourth-order valence-electron chi connectivity index (χ4n) is 1.21. The fourth-order valence-corrected chi connectivity index (χ4v) is 2.43. The molecule has 0 bridgehead atoms. The third kappa shape index (κ3) is 5.97. The molecule has 0 aliphatic carbocycles. The Morgan fingerprint density at radius 3 is 2.11 bits per heavy atom. The van der Waals surface area contributed by atoms with Gasteiger partial charge in [-0.1, -0.05) is 13.8 Å². The number of carbonyl (C=O) groups excluding carboxylic acids is 1. The first kappa shape index (κ1) is 18.5. The zero-order valence-electron chi connectivity index (χ0n) is 10.9. The highest BCUT2D eigenvalue weighted by molar-refractivity contribution is 8.00. The molecule has 0 N–H and O–H groups in total. The van der Waals surface area contributed by atoms with E-state index in [0.29, 0.717) is 0 Å². The van der Waals surface area contributed by atoms with Gasteiger partial charge in [0, 0.05) is 12.2 Å². The van der Waals surface area contributed by atoms with Gasteiger partial charge < -0.3 is 4.74 Å². The van der Waals surface area contributed by atoms with Crippen LogP contribution in [0, 0.1) is 5.92 Å². The van der Waals surface area contributed by atoms with Gasteiger partial charge >= 0.3 is 18.1 Å². The zero-order chi connectivity index (χ0) is 15.3. The van der Waals surface area contributed by atoms with Gasteiger partial charge in [0.1, 0.15) is 5.25 Å². The molecule has 2 nitrogen and oxygen atoms in total. The van der Waals surface area contributed by atoms with Crippen LogP contribution in [-0.4, -0.2) is 35.7 Å². The van der Waals surface area contributed by atoms with E-state index in [1.165, 1.54) is 0 Å². The number of rotatable bonds is 7. The summed E-state index contributed by atoms with van der Waals surface area (Å²) in [5, 5.41) is -0.732. The number of thioether (sulfide) groups is 1.